The Hall–Kier alpha value is -1.72. The minimum absolute atomic E-state index is 0.795. The van der Waals surface area contributed by atoms with Gasteiger partial charge in [0.25, 0.3) is 0 Å². The van der Waals surface area contributed by atoms with E-state index in [9.17, 15) is 0 Å². The summed E-state index contributed by atoms with van der Waals surface area (Å²) in [4.78, 5) is 6.99. The Bertz CT molecular complexity index is 542. The molecule has 1 fully saturated rings. The van der Waals surface area contributed by atoms with Gasteiger partial charge in [0, 0.05) is 31.7 Å². The fourth-order valence-electron chi connectivity index (χ4n) is 2.39. The van der Waals surface area contributed by atoms with E-state index in [0.717, 1.165) is 49.9 Å². The molecule has 3 rings (SSSR count). The van der Waals surface area contributed by atoms with Gasteiger partial charge in [-0.2, -0.15) is 5.10 Å². The van der Waals surface area contributed by atoms with E-state index in [0.29, 0.717) is 0 Å². The second-order valence-electron chi connectivity index (χ2n) is 4.95. The van der Waals surface area contributed by atoms with Crippen LogP contribution in [0.25, 0.3) is 11.4 Å². The number of aryl methyl sites for hydroxylation is 1. The molecule has 1 aromatic carbocycles. The minimum atomic E-state index is 0.795. The molecule has 2 aromatic rings. The van der Waals surface area contributed by atoms with Crippen molar-refractivity contribution >= 4 is 0 Å². The van der Waals surface area contributed by atoms with Gasteiger partial charge in [-0.05, 0) is 12.5 Å². The Labute approximate surface area is 113 Å². The molecule has 2 heterocycles. The monoisotopic (exact) mass is 257 g/mol. The first kappa shape index (κ1) is 12.3. The summed E-state index contributed by atoms with van der Waals surface area (Å²) in [6.07, 6.45) is 0. The molecular weight excluding hydrogens is 238 g/mol. The van der Waals surface area contributed by atoms with E-state index in [-0.39, 0.29) is 0 Å². The number of nitrogens with zero attached hydrogens (tertiary/aromatic N) is 3. The summed E-state index contributed by atoms with van der Waals surface area (Å²) in [5.41, 5.74) is 2.31. The highest BCUT2D eigenvalue weighted by Crippen LogP contribution is 2.19. The van der Waals surface area contributed by atoms with Gasteiger partial charge in [-0.3, -0.25) is 10.00 Å². The van der Waals surface area contributed by atoms with Crippen LogP contribution in [0.15, 0.2) is 24.3 Å². The summed E-state index contributed by atoms with van der Waals surface area (Å²) in [5.74, 6) is 1.74. The number of hydrogen-bond donors (Lipinski definition) is 2. The highest BCUT2D eigenvalue weighted by molar-refractivity contribution is 5.59. The summed E-state index contributed by atoms with van der Waals surface area (Å²) in [7, 11) is 0. The van der Waals surface area contributed by atoms with E-state index >= 15 is 0 Å². The number of nitrogens with one attached hydrogen (secondary N) is 2. The van der Waals surface area contributed by atoms with Crippen molar-refractivity contribution in [3.05, 3.63) is 35.7 Å². The summed E-state index contributed by atoms with van der Waals surface area (Å²) in [6.45, 7) is 7.18. The zero-order valence-corrected chi connectivity index (χ0v) is 11.2. The molecular formula is C14H19N5. The van der Waals surface area contributed by atoms with E-state index in [4.69, 9.17) is 0 Å². The molecule has 0 bridgehead atoms. The van der Waals surface area contributed by atoms with Crippen molar-refractivity contribution in [2.75, 3.05) is 26.2 Å². The second-order valence-corrected chi connectivity index (χ2v) is 4.95. The summed E-state index contributed by atoms with van der Waals surface area (Å²) >= 11 is 0. The van der Waals surface area contributed by atoms with Crippen molar-refractivity contribution in [2.45, 2.75) is 13.5 Å². The van der Waals surface area contributed by atoms with Crippen LogP contribution in [0.2, 0.25) is 0 Å². The van der Waals surface area contributed by atoms with Crippen LogP contribution in [0.4, 0.5) is 0 Å². The van der Waals surface area contributed by atoms with E-state index in [1.807, 2.05) is 12.1 Å². The maximum atomic E-state index is 4.61. The third-order valence-corrected chi connectivity index (χ3v) is 3.50. The molecule has 0 atom stereocenters. The summed E-state index contributed by atoms with van der Waals surface area (Å²) in [6, 6.07) is 8.20. The first-order valence-corrected chi connectivity index (χ1v) is 6.73. The Morgan fingerprint density at radius 1 is 1.21 bits per heavy atom. The predicted molar refractivity (Wildman–Crippen MR) is 74.7 cm³/mol. The standard InChI is InChI=1S/C14H19N5/c1-11-4-2-3-5-12(11)14-16-13(17-18-14)10-19-8-6-15-7-9-19/h2-5,15H,6-10H2,1H3,(H,16,17,18). The quantitative estimate of drug-likeness (QED) is 0.867. The fourth-order valence-corrected chi connectivity index (χ4v) is 2.39. The van der Waals surface area contributed by atoms with Gasteiger partial charge in [-0.25, -0.2) is 4.98 Å². The van der Waals surface area contributed by atoms with Crippen LogP contribution >= 0.6 is 0 Å². The van der Waals surface area contributed by atoms with Crippen LogP contribution in [-0.4, -0.2) is 46.3 Å². The van der Waals surface area contributed by atoms with Gasteiger partial charge in [0.2, 0.25) is 0 Å². The van der Waals surface area contributed by atoms with Crippen LogP contribution in [0, 0.1) is 6.92 Å². The number of rotatable bonds is 3. The summed E-state index contributed by atoms with van der Waals surface area (Å²) in [5, 5.41) is 10.7. The molecule has 100 valence electrons. The molecule has 1 aliphatic rings. The molecule has 1 saturated heterocycles. The lowest BCUT2D eigenvalue weighted by Crippen LogP contribution is -2.43. The molecule has 1 aromatic heterocycles. The third kappa shape index (κ3) is 2.83. The zero-order chi connectivity index (χ0) is 13.1. The molecule has 0 saturated carbocycles. The van der Waals surface area contributed by atoms with Crippen molar-refractivity contribution in [1.82, 2.24) is 25.4 Å². The van der Waals surface area contributed by atoms with Crippen LogP contribution in [0.1, 0.15) is 11.4 Å². The highest BCUT2D eigenvalue weighted by atomic mass is 15.3. The van der Waals surface area contributed by atoms with Gasteiger partial charge in [0.05, 0.1) is 6.54 Å². The average Bonchev–Trinajstić information content (AvgIpc) is 2.89. The lowest BCUT2D eigenvalue weighted by Gasteiger charge is -2.25. The van der Waals surface area contributed by atoms with Crippen LogP contribution in [0.5, 0.6) is 0 Å². The van der Waals surface area contributed by atoms with E-state index in [2.05, 4.69) is 44.5 Å². The Morgan fingerprint density at radius 2 is 2.00 bits per heavy atom. The third-order valence-electron chi connectivity index (χ3n) is 3.50. The molecule has 0 amide bonds. The summed E-state index contributed by atoms with van der Waals surface area (Å²) < 4.78 is 0. The van der Waals surface area contributed by atoms with Gasteiger partial charge in [-0.15, -0.1) is 0 Å². The number of aromatic amines is 1. The van der Waals surface area contributed by atoms with Gasteiger partial charge >= 0.3 is 0 Å². The molecule has 5 nitrogen and oxygen atoms in total. The molecule has 1 aliphatic heterocycles. The molecule has 2 N–H and O–H groups in total. The zero-order valence-electron chi connectivity index (χ0n) is 11.2. The second kappa shape index (κ2) is 5.50. The molecule has 0 aliphatic carbocycles. The van der Waals surface area contributed by atoms with E-state index < -0.39 is 0 Å². The highest BCUT2D eigenvalue weighted by Gasteiger charge is 2.13. The number of aromatic nitrogens is 3. The van der Waals surface area contributed by atoms with Crippen molar-refractivity contribution in [1.29, 1.82) is 0 Å². The smallest absolute Gasteiger partial charge is 0.181 e. The maximum Gasteiger partial charge on any atom is 0.181 e. The topological polar surface area (TPSA) is 56.8 Å². The van der Waals surface area contributed by atoms with Gasteiger partial charge < -0.3 is 5.32 Å². The predicted octanol–water partition coefficient (Wildman–Crippen LogP) is 1.19. The maximum absolute atomic E-state index is 4.61. The average molecular weight is 257 g/mol. The number of H-pyrrole nitrogens is 1. The Morgan fingerprint density at radius 3 is 2.79 bits per heavy atom. The number of piperazine rings is 1. The van der Waals surface area contributed by atoms with Gasteiger partial charge in [0.15, 0.2) is 5.82 Å². The fraction of sp³-hybridized carbons (Fsp3) is 0.429. The minimum Gasteiger partial charge on any atom is -0.314 e. The molecule has 19 heavy (non-hydrogen) atoms. The van der Waals surface area contributed by atoms with Crippen molar-refractivity contribution < 1.29 is 0 Å². The van der Waals surface area contributed by atoms with Crippen LogP contribution < -0.4 is 5.32 Å². The van der Waals surface area contributed by atoms with E-state index in [1.165, 1.54) is 5.56 Å². The largest absolute Gasteiger partial charge is 0.314 e. The first-order valence-electron chi connectivity index (χ1n) is 6.73. The molecule has 5 heteroatoms. The van der Waals surface area contributed by atoms with Crippen molar-refractivity contribution in [3.8, 4) is 11.4 Å². The SMILES string of the molecule is Cc1ccccc1-c1n[nH]c(CN2CCNCC2)n1. The number of benzene rings is 1. The van der Waals surface area contributed by atoms with Crippen LogP contribution in [-0.2, 0) is 6.54 Å². The molecule has 0 unspecified atom stereocenters. The lowest BCUT2D eigenvalue weighted by atomic mass is 10.1. The normalized spacial score (nSPS) is 16.7. The van der Waals surface area contributed by atoms with E-state index in [1.54, 1.807) is 0 Å². The Balaban J connectivity index is 1.74. The first-order chi connectivity index (χ1) is 9.33. The van der Waals surface area contributed by atoms with Crippen molar-refractivity contribution in [3.63, 3.8) is 0 Å². The Kier molecular flexibility index (Phi) is 3.57. The number of hydrogen-bond acceptors (Lipinski definition) is 4. The molecule has 0 spiro atoms. The lowest BCUT2D eigenvalue weighted by molar-refractivity contribution is 0.228. The van der Waals surface area contributed by atoms with Gasteiger partial charge in [-0.1, -0.05) is 24.3 Å². The van der Waals surface area contributed by atoms with Gasteiger partial charge in [0.1, 0.15) is 5.82 Å². The molecule has 0 radical (unpaired) electrons. The van der Waals surface area contributed by atoms with Crippen LogP contribution in [0.3, 0.4) is 0 Å². The van der Waals surface area contributed by atoms with Crippen molar-refractivity contribution in [2.24, 2.45) is 0 Å².